The molecular weight excluding hydrogens is 1090 g/mol. The van der Waals surface area contributed by atoms with E-state index in [1.807, 2.05) is 23.5 Å². The second-order valence-corrected chi connectivity index (χ2v) is 26.6. The number of anilines is 3. The Bertz CT molecular complexity index is 5250. The summed E-state index contributed by atoms with van der Waals surface area (Å²) in [7, 11) is 0. The number of para-hydroxylation sites is 2. The molecule has 2 aliphatic carbocycles. The molecule has 87 heavy (non-hydrogen) atoms. The first kappa shape index (κ1) is 48.5. The van der Waals surface area contributed by atoms with Crippen LogP contribution in [0.3, 0.4) is 0 Å². The lowest BCUT2D eigenvalue weighted by atomic mass is 9.32. The van der Waals surface area contributed by atoms with Gasteiger partial charge in [0.2, 0.25) is 13.4 Å². The van der Waals surface area contributed by atoms with E-state index in [-0.39, 0.29) is 13.4 Å². The van der Waals surface area contributed by atoms with E-state index in [0.717, 1.165) is 0 Å². The largest absolute Gasteiger partial charge is 0.311 e. The molecule has 0 spiro atoms. The third-order valence-electron chi connectivity index (χ3n) is 20.6. The van der Waals surface area contributed by atoms with E-state index in [1.165, 1.54) is 169 Å². The Balaban J connectivity index is 0.792. The quantitative estimate of drug-likeness (QED) is 0.159. The molecule has 6 aliphatic rings. The molecule has 0 radical (unpaired) electrons. The molecule has 0 bridgehead atoms. The first-order valence-electron chi connectivity index (χ1n) is 30.5. The fraction of sp³-hybridized carbons (Fsp3) is 0.0370. The van der Waals surface area contributed by atoms with Crippen molar-refractivity contribution < 1.29 is 0 Å². The normalized spacial score (nSPS) is 15.0. The van der Waals surface area contributed by atoms with Crippen LogP contribution in [0.1, 0.15) is 50.1 Å². The van der Waals surface area contributed by atoms with Gasteiger partial charge in [0.05, 0.1) is 16.3 Å². The van der Waals surface area contributed by atoms with Gasteiger partial charge in [-0.2, -0.15) is 0 Å². The third kappa shape index (κ3) is 6.07. The van der Waals surface area contributed by atoms with Crippen molar-refractivity contribution in [2.45, 2.75) is 37.3 Å². The Morgan fingerprint density at radius 3 is 1.43 bits per heavy atom. The molecule has 0 amide bonds. The van der Waals surface area contributed by atoms with Crippen LogP contribution in [0.15, 0.2) is 305 Å². The van der Waals surface area contributed by atoms with Gasteiger partial charge in [-0.05, 0) is 150 Å². The highest BCUT2D eigenvalue weighted by Crippen LogP contribution is 2.61. The van der Waals surface area contributed by atoms with Crippen LogP contribution in [0.2, 0.25) is 0 Å². The van der Waals surface area contributed by atoms with Gasteiger partial charge in [0.25, 0.3) is 0 Å². The van der Waals surface area contributed by atoms with Crippen LogP contribution in [-0.4, -0.2) is 18.0 Å². The number of aromatic nitrogens is 1. The molecule has 4 aliphatic heterocycles. The van der Waals surface area contributed by atoms with Crippen LogP contribution in [-0.2, 0) is 10.8 Å². The van der Waals surface area contributed by atoms with E-state index >= 15 is 0 Å². The predicted octanol–water partition coefficient (Wildman–Crippen LogP) is 15.9. The highest BCUT2D eigenvalue weighted by Gasteiger charge is 2.52. The first-order chi connectivity index (χ1) is 43.1. The number of rotatable bonds is 5. The Morgan fingerprint density at radius 1 is 0.333 bits per heavy atom. The molecule has 0 saturated carbocycles. The fourth-order valence-electron chi connectivity index (χ4n) is 17.5. The standard InChI is InChI=1S/C81H50B2N2S2/c1-49-65(45-43-56-54-31-14-16-34-59(54)80(75(49)56,50-23-6-2-7-24-50)51-25-8-3-9-26-51)84-66-38-19-18-36-61(66)82-63-47-64-73(48-72(63)86-70-41-21-39-68(84)77(70)82)87-71-42-22-40-69-78(71)83(64)62-37-20-33-58-74-67(85(69)79(58)62)46-44-57-55-32-15-17-35-60(55)81(76(57)74,52-27-10-4-11-28-52)53-29-12-5-13-30-53/h2-48H,1H3. The Morgan fingerprint density at radius 2 is 0.805 bits per heavy atom. The zero-order valence-corrected chi connectivity index (χ0v) is 49.1. The van der Waals surface area contributed by atoms with Crippen molar-refractivity contribution in [3.8, 4) is 27.9 Å². The molecule has 20 rings (SSSR count). The zero-order chi connectivity index (χ0) is 56.9. The average Bonchev–Trinajstić information content (AvgIpc) is 1.60. The lowest BCUT2D eigenvalue weighted by molar-refractivity contribution is 0.762. The van der Waals surface area contributed by atoms with E-state index in [1.54, 1.807) is 0 Å². The van der Waals surface area contributed by atoms with Crippen LogP contribution in [0.25, 0.3) is 49.7 Å². The van der Waals surface area contributed by atoms with E-state index in [0.29, 0.717) is 0 Å². The predicted molar refractivity (Wildman–Crippen MR) is 365 cm³/mol. The van der Waals surface area contributed by atoms with Crippen molar-refractivity contribution >= 4 is 109 Å². The van der Waals surface area contributed by atoms with E-state index in [9.17, 15) is 0 Å². The summed E-state index contributed by atoms with van der Waals surface area (Å²) in [6, 6.07) is 109. The molecule has 5 heterocycles. The Kier molecular flexibility index (Phi) is 9.87. The molecule has 0 unspecified atom stereocenters. The minimum Gasteiger partial charge on any atom is -0.311 e. The van der Waals surface area contributed by atoms with E-state index < -0.39 is 10.8 Å². The molecule has 6 heteroatoms. The van der Waals surface area contributed by atoms with Crippen LogP contribution in [0.5, 0.6) is 0 Å². The third-order valence-corrected chi connectivity index (χ3v) is 22.9. The van der Waals surface area contributed by atoms with Crippen LogP contribution in [0, 0.1) is 6.92 Å². The number of fused-ring (bicyclic) bond motifs is 18. The molecular formula is C81H50B2N2S2. The van der Waals surface area contributed by atoms with Crippen molar-refractivity contribution in [2.24, 2.45) is 0 Å². The molecule has 0 N–H and O–H groups in total. The second-order valence-electron chi connectivity index (χ2n) is 24.4. The summed E-state index contributed by atoms with van der Waals surface area (Å²) in [5, 5.41) is 2.64. The van der Waals surface area contributed by atoms with Gasteiger partial charge in [0, 0.05) is 58.6 Å². The van der Waals surface area contributed by atoms with Gasteiger partial charge < -0.3 is 9.47 Å². The van der Waals surface area contributed by atoms with Crippen molar-refractivity contribution in [1.82, 2.24) is 4.57 Å². The van der Waals surface area contributed by atoms with Crippen molar-refractivity contribution in [2.75, 3.05) is 4.90 Å². The minimum atomic E-state index is -0.546. The Labute approximate surface area is 515 Å². The van der Waals surface area contributed by atoms with Crippen LogP contribution >= 0.6 is 23.5 Å². The minimum absolute atomic E-state index is 0.0257. The van der Waals surface area contributed by atoms with Gasteiger partial charge in [-0.15, -0.1) is 0 Å². The number of nitrogens with zero attached hydrogens (tertiary/aromatic N) is 2. The molecule has 14 aromatic rings. The maximum absolute atomic E-state index is 2.67. The van der Waals surface area contributed by atoms with Gasteiger partial charge in [0.15, 0.2) is 0 Å². The van der Waals surface area contributed by atoms with E-state index in [4.69, 9.17) is 0 Å². The number of hydrogen-bond acceptors (Lipinski definition) is 3. The summed E-state index contributed by atoms with van der Waals surface area (Å²) >= 11 is 3.92. The summed E-state index contributed by atoms with van der Waals surface area (Å²) < 4.78 is 2.65. The zero-order valence-electron chi connectivity index (χ0n) is 47.5. The molecule has 0 atom stereocenters. The van der Waals surface area contributed by atoms with Gasteiger partial charge in [-0.3, -0.25) is 0 Å². The number of benzene rings is 13. The molecule has 402 valence electrons. The number of hydrogen-bond donors (Lipinski definition) is 0. The maximum Gasteiger partial charge on any atom is 0.249 e. The highest BCUT2D eigenvalue weighted by molar-refractivity contribution is 8.01. The summed E-state index contributed by atoms with van der Waals surface area (Å²) in [6.07, 6.45) is 0. The fourth-order valence-corrected chi connectivity index (χ4v) is 20.0. The summed E-state index contributed by atoms with van der Waals surface area (Å²) in [5.74, 6) is 0. The maximum atomic E-state index is 2.67. The summed E-state index contributed by atoms with van der Waals surface area (Å²) in [5.41, 5.74) is 31.8. The molecule has 0 saturated heterocycles. The lowest BCUT2D eigenvalue weighted by Crippen LogP contribution is -2.63. The Hall–Kier alpha value is -9.71. The SMILES string of the molecule is Cc1c(N2c3ccccc3B3c4cc5c(cc4Sc4cccc2c43)Sc2cccc3c2B5c2cccc4c5c6c(ccc5n-3c24)-c2ccccc2C6(c2ccccc2)c2ccccc2)ccc2c1C(c1ccccc1)(c1ccccc1)c1ccccc1-2. The summed E-state index contributed by atoms with van der Waals surface area (Å²) in [4.78, 5) is 7.97. The monoisotopic (exact) mass is 1140 g/mol. The van der Waals surface area contributed by atoms with Gasteiger partial charge >= 0.3 is 0 Å². The lowest BCUT2D eigenvalue weighted by Gasteiger charge is -2.42. The highest BCUT2D eigenvalue weighted by atomic mass is 32.2. The van der Waals surface area contributed by atoms with Crippen LogP contribution < -0.4 is 37.7 Å². The topological polar surface area (TPSA) is 8.17 Å². The van der Waals surface area contributed by atoms with Crippen molar-refractivity contribution in [1.29, 1.82) is 0 Å². The van der Waals surface area contributed by atoms with Crippen LogP contribution in [0.4, 0.5) is 17.1 Å². The van der Waals surface area contributed by atoms with E-state index in [2.05, 4.69) is 302 Å². The average molecular weight is 1140 g/mol. The molecule has 1 aromatic heterocycles. The molecule has 2 nitrogen and oxygen atoms in total. The van der Waals surface area contributed by atoms with Crippen molar-refractivity contribution in [3.63, 3.8) is 0 Å². The summed E-state index contributed by atoms with van der Waals surface area (Å²) in [6.45, 7) is 2.45. The molecule has 0 fully saturated rings. The van der Waals surface area contributed by atoms with Crippen molar-refractivity contribution in [3.05, 3.63) is 335 Å². The van der Waals surface area contributed by atoms with Gasteiger partial charge in [-0.25, -0.2) is 0 Å². The van der Waals surface area contributed by atoms with Gasteiger partial charge in [-0.1, -0.05) is 271 Å². The second kappa shape index (κ2) is 17.7. The van der Waals surface area contributed by atoms with Gasteiger partial charge in [0.1, 0.15) is 0 Å². The first-order valence-corrected chi connectivity index (χ1v) is 32.1. The molecule has 13 aromatic carbocycles. The smallest absolute Gasteiger partial charge is 0.249 e.